The Kier molecular flexibility index (Phi) is 4.18. The van der Waals surface area contributed by atoms with Crippen LogP contribution in [0.1, 0.15) is 22.3 Å². The van der Waals surface area contributed by atoms with Gasteiger partial charge in [-0.2, -0.15) is 0 Å². The molecule has 0 fully saturated rings. The molecule has 2 aromatic rings. The number of aliphatic hydroxyl groups is 1. The second-order valence-corrected chi connectivity index (χ2v) is 5.52. The van der Waals surface area contributed by atoms with Crippen molar-refractivity contribution in [1.29, 1.82) is 0 Å². The SMILES string of the molecule is CNCC(O)C=C1c2ccccc2CCc2ccccc21. The van der Waals surface area contributed by atoms with E-state index in [1.165, 1.54) is 22.3 Å². The molecule has 1 unspecified atom stereocenters. The van der Waals surface area contributed by atoms with Crippen molar-refractivity contribution in [2.24, 2.45) is 0 Å². The molecule has 1 aliphatic rings. The van der Waals surface area contributed by atoms with Crippen molar-refractivity contribution in [1.82, 2.24) is 5.32 Å². The predicted molar refractivity (Wildman–Crippen MR) is 87.3 cm³/mol. The lowest BCUT2D eigenvalue weighted by Gasteiger charge is -2.14. The molecular weight excluding hydrogens is 258 g/mol. The van der Waals surface area contributed by atoms with Crippen LogP contribution in [0.3, 0.4) is 0 Å². The van der Waals surface area contributed by atoms with Crippen LogP contribution < -0.4 is 5.32 Å². The third-order valence-electron chi connectivity index (χ3n) is 4.05. The van der Waals surface area contributed by atoms with Gasteiger partial charge in [0.05, 0.1) is 6.10 Å². The van der Waals surface area contributed by atoms with Gasteiger partial charge in [0.15, 0.2) is 0 Å². The molecule has 0 radical (unpaired) electrons. The first-order valence-electron chi connectivity index (χ1n) is 7.50. The van der Waals surface area contributed by atoms with Crippen LogP contribution in [0.15, 0.2) is 54.6 Å². The Morgan fingerprint density at radius 1 is 1.00 bits per heavy atom. The molecule has 0 spiro atoms. The Balaban J connectivity index is 2.15. The van der Waals surface area contributed by atoms with Crippen molar-refractivity contribution in [3.8, 4) is 0 Å². The number of nitrogens with one attached hydrogen (secondary N) is 1. The van der Waals surface area contributed by atoms with E-state index in [0.29, 0.717) is 6.54 Å². The Labute approximate surface area is 126 Å². The van der Waals surface area contributed by atoms with E-state index < -0.39 is 6.10 Å². The average molecular weight is 279 g/mol. The molecule has 2 heteroatoms. The molecule has 21 heavy (non-hydrogen) atoms. The zero-order valence-corrected chi connectivity index (χ0v) is 12.3. The number of rotatable bonds is 3. The summed E-state index contributed by atoms with van der Waals surface area (Å²) in [6, 6.07) is 17.0. The van der Waals surface area contributed by atoms with E-state index in [2.05, 4.69) is 53.8 Å². The van der Waals surface area contributed by atoms with Crippen LogP contribution in [0.5, 0.6) is 0 Å². The molecular formula is C19H21NO. The second kappa shape index (κ2) is 6.25. The quantitative estimate of drug-likeness (QED) is 0.905. The summed E-state index contributed by atoms with van der Waals surface area (Å²) >= 11 is 0. The fourth-order valence-corrected chi connectivity index (χ4v) is 3.06. The van der Waals surface area contributed by atoms with Crippen molar-refractivity contribution < 1.29 is 5.11 Å². The van der Waals surface area contributed by atoms with Crippen LogP contribution in [-0.2, 0) is 12.8 Å². The molecule has 3 rings (SSSR count). The highest BCUT2D eigenvalue weighted by Gasteiger charge is 2.18. The highest BCUT2D eigenvalue weighted by Crippen LogP contribution is 2.33. The highest BCUT2D eigenvalue weighted by molar-refractivity contribution is 5.84. The number of likely N-dealkylation sites (N-methyl/N-ethyl adjacent to an activating group) is 1. The van der Waals surface area contributed by atoms with Crippen molar-refractivity contribution >= 4 is 5.57 Å². The number of hydrogen-bond acceptors (Lipinski definition) is 2. The van der Waals surface area contributed by atoms with Gasteiger partial charge in [0.2, 0.25) is 0 Å². The second-order valence-electron chi connectivity index (χ2n) is 5.52. The third-order valence-corrected chi connectivity index (χ3v) is 4.05. The maximum atomic E-state index is 10.2. The molecule has 0 saturated heterocycles. The van der Waals surface area contributed by atoms with Gasteiger partial charge in [0.1, 0.15) is 0 Å². The number of aliphatic hydroxyl groups excluding tert-OH is 1. The lowest BCUT2D eigenvalue weighted by Crippen LogP contribution is -2.21. The Morgan fingerprint density at radius 2 is 1.52 bits per heavy atom. The summed E-state index contributed by atoms with van der Waals surface area (Å²) in [7, 11) is 1.86. The lowest BCUT2D eigenvalue weighted by molar-refractivity contribution is 0.223. The van der Waals surface area contributed by atoms with Crippen LogP contribution >= 0.6 is 0 Å². The number of fused-ring (bicyclic) bond motifs is 2. The normalized spacial score (nSPS) is 14.9. The molecule has 0 heterocycles. The summed E-state index contributed by atoms with van der Waals surface area (Å²) < 4.78 is 0. The summed E-state index contributed by atoms with van der Waals surface area (Å²) in [5.41, 5.74) is 6.37. The summed E-state index contributed by atoms with van der Waals surface area (Å²) in [5, 5.41) is 13.2. The largest absolute Gasteiger partial charge is 0.388 e. The van der Waals surface area contributed by atoms with Crippen molar-refractivity contribution in [2.45, 2.75) is 18.9 Å². The minimum Gasteiger partial charge on any atom is -0.388 e. The molecule has 2 N–H and O–H groups in total. The Bertz CT molecular complexity index is 611. The fourth-order valence-electron chi connectivity index (χ4n) is 3.06. The lowest BCUT2D eigenvalue weighted by atomic mass is 9.93. The van der Waals surface area contributed by atoms with Crippen molar-refractivity contribution in [2.75, 3.05) is 13.6 Å². The van der Waals surface area contributed by atoms with Gasteiger partial charge in [-0.05, 0) is 53.8 Å². The van der Waals surface area contributed by atoms with Gasteiger partial charge in [-0.3, -0.25) is 0 Å². The van der Waals surface area contributed by atoms with Crippen molar-refractivity contribution in [3.63, 3.8) is 0 Å². The first-order valence-corrected chi connectivity index (χ1v) is 7.50. The molecule has 1 atom stereocenters. The van der Waals surface area contributed by atoms with Gasteiger partial charge < -0.3 is 10.4 Å². The zero-order valence-electron chi connectivity index (χ0n) is 12.3. The minimum atomic E-state index is -0.482. The van der Waals surface area contributed by atoms with E-state index in [-0.39, 0.29) is 0 Å². The van der Waals surface area contributed by atoms with Gasteiger partial charge in [0.25, 0.3) is 0 Å². The van der Waals surface area contributed by atoms with Crippen LogP contribution in [0, 0.1) is 0 Å². The predicted octanol–water partition coefficient (Wildman–Crippen LogP) is 2.80. The maximum Gasteiger partial charge on any atom is 0.0854 e. The summed E-state index contributed by atoms with van der Waals surface area (Å²) in [6.07, 6.45) is 3.60. The van der Waals surface area contributed by atoms with Crippen LogP contribution in [0.4, 0.5) is 0 Å². The van der Waals surface area contributed by atoms with E-state index in [1.807, 2.05) is 13.1 Å². The van der Waals surface area contributed by atoms with Crippen LogP contribution in [-0.4, -0.2) is 24.8 Å². The first kappa shape index (κ1) is 14.1. The molecule has 1 aliphatic carbocycles. The van der Waals surface area contributed by atoms with E-state index in [1.54, 1.807) is 0 Å². The molecule has 2 nitrogen and oxygen atoms in total. The number of hydrogen-bond donors (Lipinski definition) is 2. The van der Waals surface area contributed by atoms with Crippen LogP contribution in [0.25, 0.3) is 5.57 Å². The topological polar surface area (TPSA) is 32.3 Å². The first-order chi connectivity index (χ1) is 10.3. The zero-order chi connectivity index (χ0) is 14.7. The smallest absolute Gasteiger partial charge is 0.0854 e. The van der Waals surface area contributed by atoms with Crippen molar-refractivity contribution in [3.05, 3.63) is 76.9 Å². The molecule has 0 aromatic heterocycles. The summed E-state index contributed by atoms with van der Waals surface area (Å²) in [5.74, 6) is 0. The summed E-state index contributed by atoms with van der Waals surface area (Å²) in [6.45, 7) is 0.563. The molecule has 0 aliphatic heterocycles. The summed E-state index contributed by atoms with van der Waals surface area (Å²) in [4.78, 5) is 0. The van der Waals surface area contributed by atoms with Crippen LogP contribution in [0.2, 0.25) is 0 Å². The van der Waals surface area contributed by atoms with Gasteiger partial charge in [-0.25, -0.2) is 0 Å². The molecule has 0 bridgehead atoms. The van der Waals surface area contributed by atoms with E-state index >= 15 is 0 Å². The third kappa shape index (κ3) is 2.92. The van der Waals surface area contributed by atoms with E-state index in [0.717, 1.165) is 18.4 Å². The van der Waals surface area contributed by atoms with Gasteiger partial charge in [-0.1, -0.05) is 48.5 Å². The fraction of sp³-hybridized carbons (Fsp3) is 0.263. The number of benzene rings is 2. The van der Waals surface area contributed by atoms with E-state index in [4.69, 9.17) is 0 Å². The average Bonchev–Trinajstić information content (AvgIpc) is 2.66. The van der Waals surface area contributed by atoms with Gasteiger partial charge in [-0.15, -0.1) is 0 Å². The highest BCUT2D eigenvalue weighted by atomic mass is 16.3. The van der Waals surface area contributed by atoms with Gasteiger partial charge in [0, 0.05) is 6.54 Å². The molecule has 2 aromatic carbocycles. The Hall–Kier alpha value is -1.90. The molecule has 108 valence electrons. The molecule has 0 saturated carbocycles. The molecule has 0 amide bonds. The maximum absolute atomic E-state index is 10.2. The number of aryl methyl sites for hydroxylation is 2. The van der Waals surface area contributed by atoms with Gasteiger partial charge >= 0.3 is 0 Å². The van der Waals surface area contributed by atoms with E-state index in [9.17, 15) is 5.11 Å². The Morgan fingerprint density at radius 3 is 2.05 bits per heavy atom. The minimum absolute atomic E-state index is 0.482. The standard InChI is InChI=1S/C19H21NO/c1-20-13-16(21)12-19-17-8-4-2-6-14(17)10-11-15-7-3-5-9-18(15)19/h2-9,12,16,20-21H,10-11,13H2,1H3. The monoisotopic (exact) mass is 279 g/mol.